The van der Waals surface area contributed by atoms with E-state index in [1.807, 2.05) is 282 Å². The van der Waals surface area contributed by atoms with E-state index in [-0.39, 0.29) is 77.7 Å². The van der Waals surface area contributed by atoms with Gasteiger partial charge in [0.2, 0.25) is 23.1 Å². The predicted molar refractivity (Wildman–Crippen MR) is 531 cm³/mol. The number of hydrogen-bond donors (Lipinski definition) is 0. The summed E-state index contributed by atoms with van der Waals surface area (Å²) in [5.74, 6) is -7.17. The van der Waals surface area contributed by atoms with E-state index in [1.165, 1.54) is 0 Å². The maximum Gasteiger partial charge on any atom is 0.220 e. The molecule has 28 heteroatoms. The second kappa shape index (κ2) is 49.3. The Balaban J connectivity index is 0.776. The van der Waals surface area contributed by atoms with Crippen LogP contribution in [0.3, 0.4) is 0 Å². The van der Waals surface area contributed by atoms with Gasteiger partial charge in [0.25, 0.3) is 0 Å². The molecule has 7 fully saturated rings. The largest absolute Gasteiger partial charge is 0.414 e. The van der Waals surface area contributed by atoms with Gasteiger partial charge in [0.1, 0.15) is 90.9 Å². The van der Waals surface area contributed by atoms with Gasteiger partial charge in [-0.2, -0.15) is 0 Å². The van der Waals surface area contributed by atoms with E-state index in [4.69, 9.17) is 123 Å². The van der Waals surface area contributed by atoms with Crippen molar-refractivity contribution in [2.75, 3.05) is 54.9 Å². The first-order chi connectivity index (χ1) is 68.3. The van der Waals surface area contributed by atoms with E-state index >= 15 is 0 Å². The highest BCUT2D eigenvalue weighted by atomic mass is 32.2. The van der Waals surface area contributed by atoms with Crippen LogP contribution in [0.15, 0.2) is 278 Å². The summed E-state index contributed by atoms with van der Waals surface area (Å²) < 4.78 is 189. The van der Waals surface area contributed by atoms with Gasteiger partial charge >= 0.3 is 0 Å². The summed E-state index contributed by atoms with van der Waals surface area (Å²) in [5, 5.41) is -0.197. The highest BCUT2D eigenvalue weighted by Crippen LogP contribution is 2.51. The number of hydrogen-bond acceptors (Lipinski definition) is 27. The molecule has 0 aliphatic carbocycles. The minimum atomic E-state index is -2.55. The average Bonchev–Trinajstić information content (AvgIpc) is 0.732. The van der Waals surface area contributed by atoms with Gasteiger partial charge in [-0.1, -0.05) is 314 Å². The smallest absolute Gasteiger partial charge is 0.220 e. The molecular formula is C113H144O26SSi. The van der Waals surface area contributed by atoms with Crippen molar-refractivity contribution in [1.82, 2.24) is 0 Å². The van der Waals surface area contributed by atoms with Crippen molar-refractivity contribution < 1.29 is 123 Å². The SMILES string of the molecule is CCC1OC(OCC2OC(Sc3ccccc3)C(C)C(OC3OC(COC4OC(COCc5ccccc5)C(OCc5ccccc5)C(OCc5ccccc5)C4OCc4ccccc4)C(C)C4OC(C)(OC)C(C)(OC)OC34)C2OCc2ccccc2)C(OC2OC(CO[Si](C)(C)C(C)(C)C)C(OCc3ccccc3)C(OCc3ccccc3)C2OCc2ccccc2)C2OC(C)(OC)C(C)(OC)OC12. The number of benzene rings is 9. The Morgan fingerprint density at radius 2 is 0.596 bits per heavy atom. The molecule has 0 saturated carbocycles. The van der Waals surface area contributed by atoms with E-state index in [9.17, 15) is 0 Å². The zero-order valence-electron chi connectivity index (χ0n) is 84.1. The number of rotatable bonds is 45. The van der Waals surface area contributed by atoms with E-state index in [0.717, 1.165) is 49.4 Å². The van der Waals surface area contributed by atoms with Crippen LogP contribution in [0.25, 0.3) is 0 Å². The minimum absolute atomic E-state index is 0.0917. The Morgan fingerprint density at radius 1 is 0.291 bits per heavy atom. The molecule has 7 heterocycles. The first-order valence-corrected chi connectivity index (χ1v) is 53.4. The van der Waals surface area contributed by atoms with Gasteiger partial charge in [-0.3, -0.25) is 0 Å². The molecule has 0 aromatic heterocycles. The molecule has 9 aromatic carbocycles. The van der Waals surface area contributed by atoms with Crippen LogP contribution in [-0.4, -0.2) is 227 Å². The highest BCUT2D eigenvalue weighted by molar-refractivity contribution is 7.99. The maximum atomic E-state index is 7.99. The third kappa shape index (κ3) is 26.0. The minimum Gasteiger partial charge on any atom is -0.414 e. The van der Waals surface area contributed by atoms with Crippen LogP contribution in [0, 0.1) is 11.8 Å². The molecule has 0 amide bonds. The Bertz CT molecular complexity index is 5160. The van der Waals surface area contributed by atoms with Crippen molar-refractivity contribution in [3.05, 3.63) is 317 Å². The standard InChI is InChI=1S/C113H144O26SSi/c1-17-86-96-99(138-112(9,116-13)111(8,115-12)137-96)102(135-106-101(125-70-84-59-41-25-42-60-84)98(123-68-82-55-37-23-38-56-82)95(121-66-80-51-33-21-34-52-80)90(132-106)74-128-141(15,16)109(4,5)6)105(129-86)127-73-89-93(119-64-78-47-29-19-30-48-78)91(76(3)108(133-89)140-85-61-43-26-44-62-85)134-107-103-92(136-110(7,114-11)113(10,117-14)139-103)75(2)87(130-107)72-126-104-100(124-69-83-57-39-24-40-58-83)97(122-67-81-53-35-22-36-54-81)94(120-65-79-49-31-20-32-50-79)88(131-104)71-118-63-77-45-27-18-28-46-77/h18-62,75-76,86-108H,17,63-74H2,1-16H3. The molecule has 141 heavy (non-hydrogen) atoms. The van der Waals surface area contributed by atoms with E-state index in [0.29, 0.717) is 13.0 Å². The molecule has 26 nitrogen and oxygen atoms in total. The molecule has 7 aliphatic rings. The van der Waals surface area contributed by atoms with Crippen molar-refractivity contribution in [3.63, 3.8) is 0 Å². The normalized spacial score (nSPS) is 33.5. The number of thioether (sulfide) groups is 1. The zero-order chi connectivity index (χ0) is 98.7. The van der Waals surface area contributed by atoms with Crippen LogP contribution in [0.2, 0.25) is 18.1 Å². The maximum absolute atomic E-state index is 7.99. The quantitative estimate of drug-likeness (QED) is 0.0322. The van der Waals surface area contributed by atoms with Crippen molar-refractivity contribution in [3.8, 4) is 0 Å². The van der Waals surface area contributed by atoms with Gasteiger partial charge in [0.15, 0.2) is 33.5 Å². The van der Waals surface area contributed by atoms with Gasteiger partial charge in [0.05, 0.1) is 104 Å². The Labute approximate surface area is 837 Å². The molecule has 0 bridgehead atoms. The summed E-state index contributed by atoms with van der Waals surface area (Å²) in [6, 6.07) is 90.3. The molecule has 9 aromatic rings. The zero-order valence-corrected chi connectivity index (χ0v) is 85.9. The molecule has 7 aliphatic heterocycles. The van der Waals surface area contributed by atoms with Gasteiger partial charge in [-0.15, -0.1) is 0 Å². The first-order valence-electron chi connectivity index (χ1n) is 49.6. The fraction of sp³-hybridized carbons (Fsp3) is 0.522. The van der Waals surface area contributed by atoms with Crippen LogP contribution in [0.5, 0.6) is 0 Å². The summed E-state index contributed by atoms with van der Waals surface area (Å²) in [6.45, 7) is 25.8. The second-order valence-corrected chi connectivity index (χ2v) is 45.5. The lowest BCUT2D eigenvalue weighted by Gasteiger charge is -2.58. The van der Waals surface area contributed by atoms with Crippen LogP contribution in [0.1, 0.15) is 120 Å². The molecule has 29 unspecified atom stereocenters. The van der Waals surface area contributed by atoms with Crippen molar-refractivity contribution in [2.45, 2.75) is 315 Å². The molecule has 0 radical (unpaired) electrons. The predicted octanol–water partition coefficient (Wildman–Crippen LogP) is 19.2. The Hall–Kier alpha value is -7.49. The summed E-state index contributed by atoms with van der Waals surface area (Å²) in [4.78, 5) is 0.931. The monoisotopic (exact) mass is 1980 g/mol. The van der Waals surface area contributed by atoms with Crippen LogP contribution in [0.4, 0.5) is 0 Å². The molecule has 7 saturated heterocycles. The van der Waals surface area contributed by atoms with Gasteiger partial charge in [0, 0.05) is 45.2 Å². The number of ether oxygens (including phenoxy) is 25. The molecular weight excluding hydrogens is 1830 g/mol. The highest BCUT2D eigenvalue weighted by Gasteiger charge is 2.67. The number of fused-ring (bicyclic) bond motifs is 2. The lowest BCUT2D eigenvalue weighted by atomic mass is 9.87. The topological polar surface area (TPSA) is 240 Å². The van der Waals surface area contributed by atoms with Crippen molar-refractivity contribution >= 4 is 20.1 Å². The first kappa shape index (κ1) is 106. The van der Waals surface area contributed by atoms with Crippen LogP contribution < -0.4 is 0 Å². The third-order valence-electron chi connectivity index (χ3n) is 29.0. The number of methoxy groups -OCH3 is 4. The van der Waals surface area contributed by atoms with E-state index in [1.54, 1.807) is 61.0 Å². The summed E-state index contributed by atoms with van der Waals surface area (Å²) in [6.07, 6.45) is -21.0. The lowest BCUT2D eigenvalue weighted by Crippen LogP contribution is -2.74. The van der Waals surface area contributed by atoms with Crippen molar-refractivity contribution in [1.29, 1.82) is 0 Å². The third-order valence-corrected chi connectivity index (χ3v) is 34.8. The fourth-order valence-electron chi connectivity index (χ4n) is 19.0. The molecule has 0 spiro atoms. The van der Waals surface area contributed by atoms with E-state index in [2.05, 4.69) is 52.9 Å². The summed E-state index contributed by atoms with van der Waals surface area (Å²) in [5.41, 5.74) is 6.80. The Morgan fingerprint density at radius 3 is 1.00 bits per heavy atom. The average molecular weight is 1980 g/mol. The van der Waals surface area contributed by atoms with Gasteiger partial charge in [-0.25, -0.2) is 0 Å². The van der Waals surface area contributed by atoms with Crippen LogP contribution >= 0.6 is 11.8 Å². The second-order valence-electron chi connectivity index (χ2n) is 39.5. The van der Waals surface area contributed by atoms with Crippen molar-refractivity contribution in [2.24, 2.45) is 11.8 Å². The summed E-state index contributed by atoms with van der Waals surface area (Å²) in [7, 11) is 3.71. The van der Waals surface area contributed by atoms with Gasteiger partial charge < -0.3 is 123 Å². The van der Waals surface area contributed by atoms with Crippen LogP contribution in [-0.2, 0) is 176 Å². The van der Waals surface area contributed by atoms with Gasteiger partial charge in [-0.05, 0) is 109 Å². The lowest BCUT2D eigenvalue weighted by molar-refractivity contribution is -0.487. The Kier molecular flexibility index (Phi) is 37.2. The summed E-state index contributed by atoms with van der Waals surface area (Å²) >= 11 is 1.55. The molecule has 762 valence electrons. The fourth-order valence-corrected chi connectivity index (χ4v) is 21.1. The van der Waals surface area contributed by atoms with E-state index < -0.39 is 184 Å². The molecule has 0 N–H and O–H groups in total. The molecule has 29 atom stereocenters. The molecule has 16 rings (SSSR count).